The molecule has 3 nitrogen and oxygen atoms in total. The summed E-state index contributed by atoms with van der Waals surface area (Å²) < 4.78 is 11.0. The maximum Gasteiger partial charge on any atom is 0.311 e. The maximum absolute atomic E-state index is 12.0. The first kappa shape index (κ1) is 12.5. The molecule has 0 spiro atoms. The second kappa shape index (κ2) is 5.60. The van der Waals surface area contributed by atoms with Crippen molar-refractivity contribution in [3.63, 3.8) is 0 Å². The zero-order chi connectivity index (χ0) is 12.4. The Bertz CT molecular complexity index is 296. The number of esters is 1. The lowest BCUT2D eigenvalue weighted by atomic mass is 9.89. The molecule has 3 heteroatoms. The van der Waals surface area contributed by atoms with Gasteiger partial charge >= 0.3 is 5.97 Å². The van der Waals surface area contributed by atoms with E-state index in [9.17, 15) is 4.79 Å². The van der Waals surface area contributed by atoms with Crippen molar-refractivity contribution in [1.82, 2.24) is 0 Å². The Morgan fingerprint density at radius 3 is 2.50 bits per heavy atom. The molecule has 0 aromatic rings. The SMILES string of the molecule is O=C(OCOC1CCCCC1)C1CC2CCC1C2. The van der Waals surface area contributed by atoms with Crippen LogP contribution in [0.1, 0.15) is 57.8 Å². The molecule has 0 N–H and O–H groups in total. The van der Waals surface area contributed by atoms with Crippen molar-refractivity contribution in [2.24, 2.45) is 17.8 Å². The highest BCUT2D eigenvalue weighted by Crippen LogP contribution is 2.48. The highest BCUT2D eigenvalue weighted by atomic mass is 16.7. The second-order valence-electron chi connectivity index (χ2n) is 6.29. The molecule has 0 heterocycles. The summed E-state index contributed by atoms with van der Waals surface area (Å²) in [5, 5.41) is 0. The molecule has 2 bridgehead atoms. The quantitative estimate of drug-likeness (QED) is 0.569. The molecule has 3 aliphatic carbocycles. The number of hydrogen-bond acceptors (Lipinski definition) is 3. The van der Waals surface area contributed by atoms with Gasteiger partial charge < -0.3 is 9.47 Å². The molecule has 102 valence electrons. The van der Waals surface area contributed by atoms with Gasteiger partial charge in [-0.25, -0.2) is 0 Å². The van der Waals surface area contributed by atoms with Crippen LogP contribution in [-0.4, -0.2) is 18.9 Å². The number of carbonyl (C=O) groups excluding carboxylic acids is 1. The summed E-state index contributed by atoms with van der Waals surface area (Å²) in [5.74, 6) is 1.58. The van der Waals surface area contributed by atoms with Gasteiger partial charge in [-0.15, -0.1) is 0 Å². The molecule has 3 aliphatic rings. The predicted molar refractivity (Wildman–Crippen MR) is 67.9 cm³/mol. The van der Waals surface area contributed by atoms with E-state index in [-0.39, 0.29) is 18.7 Å². The number of rotatable bonds is 4. The first-order chi connectivity index (χ1) is 8.83. The third-order valence-corrected chi connectivity index (χ3v) is 5.10. The van der Waals surface area contributed by atoms with Crippen molar-refractivity contribution >= 4 is 5.97 Å². The van der Waals surface area contributed by atoms with E-state index in [0.717, 1.165) is 25.2 Å². The average Bonchev–Trinajstić information content (AvgIpc) is 3.02. The van der Waals surface area contributed by atoms with E-state index in [1.165, 1.54) is 38.5 Å². The summed E-state index contributed by atoms with van der Waals surface area (Å²) in [5.41, 5.74) is 0. The van der Waals surface area contributed by atoms with Crippen molar-refractivity contribution in [3.8, 4) is 0 Å². The minimum absolute atomic E-state index is 0.00184. The largest absolute Gasteiger partial charge is 0.438 e. The molecule has 3 fully saturated rings. The third kappa shape index (κ3) is 2.71. The van der Waals surface area contributed by atoms with Gasteiger partial charge in [-0.05, 0) is 43.9 Å². The van der Waals surface area contributed by atoms with Crippen LogP contribution in [0.2, 0.25) is 0 Å². The molecule has 0 radical (unpaired) electrons. The van der Waals surface area contributed by atoms with Crippen molar-refractivity contribution < 1.29 is 14.3 Å². The standard InChI is InChI=1S/C15H24O3/c16-15(14-9-11-6-7-12(14)8-11)18-10-17-13-4-2-1-3-5-13/h11-14H,1-10H2. The molecular formula is C15H24O3. The summed E-state index contributed by atoms with van der Waals surface area (Å²) in [6.45, 7) is 0.178. The van der Waals surface area contributed by atoms with Crippen LogP contribution in [0.25, 0.3) is 0 Å². The van der Waals surface area contributed by atoms with Crippen molar-refractivity contribution in [2.75, 3.05) is 6.79 Å². The molecule has 0 aliphatic heterocycles. The van der Waals surface area contributed by atoms with E-state index in [1.54, 1.807) is 0 Å². The predicted octanol–water partition coefficient (Wildman–Crippen LogP) is 3.27. The molecule has 3 unspecified atom stereocenters. The topological polar surface area (TPSA) is 35.5 Å². The molecule has 0 aromatic carbocycles. The van der Waals surface area contributed by atoms with Gasteiger partial charge in [0.1, 0.15) is 0 Å². The van der Waals surface area contributed by atoms with Gasteiger partial charge in [-0.3, -0.25) is 4.79 Å². The highest BCUT2D eigenvalue weighted by molar-refractivity contribution is 5.73. The van der Waals surface area contributed by atoms with Gasteiger partial charge in [0.15, 0.2) is 6.79 Å². The van der Waals surface area contributed by atoms with Gasteiger partial charge in [0.2, 0.25) is 0 Å². The van der Waals surface area contributed by atoms with Crippen LogP contribution < -0.4 is 0 Å². The lowest BCUT2D eigenvalue weighted by Gasteiger charge is -2.23. The van der Waals surface area contributed by atoms with E-state index in [1.807, 2.05) is 0 Å². The van der Waals surface area contributed by atoms with Crippen LogP contribution in [0.15, 0.2) is 0 Å². The summed E-state index contributed by atoms with van der Waals surface area (Å²) in [7, 11) is 0. The normalized spacial score (nSPS) is 35.9. The smallest absolute Gasteiger partial charge is 0.311 e. The first-order valence-corrected chi connectivity index (χ1v) is 7.61. The average molecular weight is 252 g/mol. The Labute approximate surface area is 109 Å². The Hall–Kier alpha value is -0.570. The van der Waals surface area contributed by atoms with E-state index >= 15 is 0 Å². The fraction of sp³-hybridized carbons (Fsp3) is 0.933. The Morgan fingerprint density at radius 2 is 1.83 bits per heavy atom. The summed E-state index contributed by atoms with van der Waals surface area (Å²) in [4.78, 5) is 12.0. The molecule has 18 heavy (non-hydrogen) atoms. The Kier molecular flexibility index (Phi) is 3.88. The number of hydrogen-bond donors (Lipinski definition) is 0. The van der Waals surface area contributed by atoms with Gasteiger partial charge in [0.05, 0.1) is 12.0 Å². The van der Waals surface area contributed by atoms with Crippen molar-refractivity contribution in [1.29, 1.82) is 0 Å². The lowest BCUT2D eigenvalue weighted by Crippen LogP contribution is -2.26. The fourth-order valence-corrected chi connectivity index (χ4v) is 4.06. The molecule has 3 saturated carbocycles. The van der Waals surface area contributed by atoms with E-state index in [4.69, 9.17) is 9.47 Å². The fourth-order valence-electron chi connectivity index (χ4n) is 4.06. The minimum Gasteiger partial charge on any atom is -0.438 e. The van der Waals surface area contributed by atoms with Gasteiger partial charge in [-0.2, -0.15) is 0 Å². The summed E-state index contributed by atoms with van der Waals surface area (Å²) in [6.07, 6.45) is 11.3. The number of ether oxygens (including phenoxy) is 2. The van der Waals surface area contributed by atoms with Gasteiger partial charge in [-0.1, -0.05) is 25.7 Å². The third-order valence-electron chi connectivity index (χ3n) is 5.10. The maximum atomic E-state index is 12.0. The Morgan fingerprint density at radius 1 is 1.00 bits per heavy atom. The first-order valence-electron chi connectivity index (χ1n) is 7.61. The molecule has 0 saturated heterocycles. The number of carbonyl (C=O) groups is 1. The highest BCUT2D eigenvalue weighted by Gasteiger charge is 2.43. The summed E-state index contributed by atoms with van der Waals surface area (Å²) >= 11 is 0. The monoisotopic (exact) mass is 252 g/mol. The van der Waals surface area contributed by atoms with E-state index in [2.05, 4.69) is 0 Å². The second-order valence-corrected chi connectivity index (χ2v) is 6.29. The zero-order valence-electron chi connectivity index (χ0n) is 11.1. The van der Waals surface area contributed by atoms with Gasteiger partial charge in [0.25, 0.3) is 0 Å². The zero-order valence-corrected chi connectivity index (χ0v) is 11.1. The molecule has 3 atom stereocenters. The van der Waals surface area contributed by atoms with Crippen LogP contribution in [0, 0.1) is 17.8 Å². The molecule has 0 aromatic heterocycles. The van der Waals surface area contributed by atoms with Crippen molar-refractivity contribution in [3.05, 3.63) is 0 Å². The van der Waals surface area contributed by atoms with Crippen LogP contribution in [0.4, 0.5) is 0 Å². The molecular weight excluding hydrogens is 228 g/mol. The van der Waals surface area contributed by atoms with Crippen LogP contribution in [0.3, 0.4) is 0 Å². The Balaban J connectivity index is 1.36. The summed E-state index contributed by atoms with van der Waals surface area (Å²) in [6, 6.07) is 0. The van der Waals surface area contributed by atoms with Crippen LogP contribution >= 0.6 is 0 Å². The molecule has 3 rings (SSSR count). The van der Waals surface area contributed by atoms with E-state index in [0.29, 0.717) is 12.0 Å². The minimum atomic E-state index is -0.00184. The molecule has 0 amide bonds. The van der Waals surface area contributed by atoms with E-state index < -0.39 is 0 Å². The van der Waals surface area contributed by atoms with Crippen LogP contribution in [0.5, 0.6) is 0 Å². The van der Waals surface area contributed by atoms with Gasteiger partial charge in [0, 0.05) is 0 Å². The van der Waals surface area contributed by atoms with Crippen molar-refractivity contribution in [2.45, 2.75) is 63.9 Å². The van der Waals surface area contributed by atoms with Crippen LogP contribution in [-0.2, 0) is 14.3 Å². The lowest BCUT2D eigenvalue weighted by molar-refractivity contribution is -0.168. The number of fused-ring (bicyclic) bond motifs is 2.